The van der Waals surface area contributed by atoms with E-state index < -0.39 is 76.6 Å². The molecule has 2 heterocycles. The summed E-state index contributed by atoms with van der Waals surface area (Å²) in [7, 11) is -1.31. The molecular formula is C35H44F4N4O7S. The molecule has 16 heteroatoms. The number of alkyl halides is 4. The Morgan fingerprint density at radius 2 is 1.84 bits per heavy atom. The van der Waals surface area contributed by atoms with Crippen molar-refractivity contribution in [3.8, 4) is 5.75 Å². The number of halogens is 4. The fourth-order valence-electron chi connectivity index (χ4n) is 5.72. The maximum Gasteiger partial charge on any atom is 0.408 e. The Morgan fingerprint density at radius 1 is 1.18 bits per heavy atom. The standard InChI is InChI=1S/C35H42F4N4O7S.H2/c1-8-28(24-17-34(36,37)21-42(7)19-24)48-30(40-6)23-12-15-29-27(16-23)43(18-22-10-13-25(14-11-22)49-35(38,39)9-2)31(44)26(20-51(29,46)47)41-32(45)50-33(3,4)5;/h10-16,24,26H,1,9,17-21H2,2-7H3,(H,41,45);1H/t24?,26-;/m0./s1. The predicted molar refractivity (Wildman–Crippen MR) is 184 cm³/mol. The number of aliphatic imine (C=N–C) groups is 1. The summed E-state index contributed by atoms with van der Waals surface area (Å²) in [5.41, 5.74) is 2.14. The molecule has 280 valence electrons. The second-order valence-corrected chi connectivity index (χ2v) is 15.5. The normalized spacial score (nSPS) is 20.8. The van der Waals surface area contributed by atoms with E-state index in [9.17, 15) is 35.6 Å². The second-order valence-electron chi connectivity index (χ2n) is 13.4. The van der Waals surface area contributed by atoms with Crippen LogP contribution >= 0.6 is 0 Å². The molecule has 2 aromatic rings. The van der Waals surface area contributed by atoms with Gasteiger partial charge in [-0.2, -0.15) is 8.78 Å². The molecule has 51 heavy (non-hydrogen) atoms. The summed E-state index contributed by atoms with van der Waals surface area (Å²) in [6.45, 7) is 9.24. The smallest absolute Gasteiger partial charge is 0.408 e. The van der Waals surface area contributed by atoms with E-state index in [1.807, 2.05) is 0 Å². The minimum Gasteiger partial charge on any atom is -0.444 e. The molecular weight excluding hydrogens is 696 g/mol. The van der Waals surface area contributed by atoms with E-state index in [2.05, 4.69) is 22.6 Å². The van der Waals surface area contributed by atoms with Gasteiger partial charge in [0.1, 0.15) is 17.4 Å². The Labute approximate surface area is 296 Å². The fraction of sp³-hybridized carbons (Fsp3) is 0.486. The van der Waals surface area contributed by atoms with E-state index in [1.165, 1.54) is 61.3 Å². The number of anilines is 1. The molecule has 0 bridgehead atoms. The quantitative estimate of drug-likeness (QED) is 0.106. The second kappa shape index (κ2) is 15.1. The van der Waals surface area contributed by atoms with Crippen LogP contribution in [0.15, 0.2) is 70.4 Å². The van der Waals surface area contributed by atoms with Gasteiger partial charge in [0.05, 0.1) is 29.4 Å². The lowest BCUT2D eigenvalue weighted by Crippen LogP contribution is -2.51. The lowest BCUT2D eigenvalue weighted by Gasteiger charge is -2.35. The SMILES string of the molecule is C=C=C(OC(=NC)c1ccc2c(c1)N(Cc1ccc(OC(F)(F)CC)cc1)C(=O)[C@@H](NC(=O)OC(C)(C)C)CS2(=O)=O)C1CN(C)CC(F)(F)C1.[HH]. The van der Waals surface area contributed by atoms with Gasteiger partial charge in [-0.25, -0.2) is 22.0 Å². The van der Waals surface area contributed by atoms with Crippen molar-refractivity contribution in [2.45, 2.75) is 75.7 Å². The van der Waals surface area contributed by atoms with Crippen molar-refractivity contribution in [2.75, 3.05) is 37.8 Å². The Morgan fingerprint density at radius 3 is 2.41 bits per heavy atom. The number of hydrogen-bond donors (Lipinski definition) is 1. The minimum absolute atomic E-state index is 0. The molecule has 2 amide bonds. The molecule has 2 aliphatic heterocycles. The van der Waals surface area contributed by atoms with Crippen LogP contribution in [0.1, 0.15) is 53.1 Å². The van der Waals surface area contributed by atoms with Gasteiger partial charge in [-0.3, -0.25) is 14.7 Å². The topological polar surface area (TPSA) is 127 Å². The molecule has 0 saturated carbocycles. The van der Waals surface area contributed by atoms with Crippen LogP contribution in [-0.4, -0.2) is 87.8 Å². The van der Waals surface area contributed by atoms with Crippen LogP contribution in [0.4, 0.5) is 28.0 Å². The fourth-order valence-corrected chi connectivity index (χ4v) is 7.33. The number of carbonyl (C=O) groups is 2. The Kier molecular flexibility index (Phi) is 11.6. The third kappa shape index (κ3) is 10.1. The van der Waals surface area contributed by atoms with Gasteiger partial charge >= 0.3 is 12.2 Å². The van der Waals surface area contributed by atoms with E-state index in [0.717, 1.165) is 4.90 Å². The zero-order valence-corrected chi connectivity index (χ0v) is 30.1. The lowest BCUT2D eigenvalue weighted by molar-refractivity contribution is -0.177. The average Bonchev–Trinajstić information content (AvgIpc) is 3.08. The average molecular weight is 741 g/mol. The highest BCUT2D eigenvalue weighted by Gasteiger charge is 2.42. The molecule has 2 atom stereocenters. The molecule has 4 rings (SSSR count). The van der Waals surface area contributed by atoms with E-state index in [-0.39, 0.29) is 48.1 Å². The van der Waals surface area contributed by atoms with E-state index in [1.54, 1.807) is 27.8 Å². The number of carbonyl (C=O) groups excluding carboxylic acids is 2. The number of piperidine rings is 1. The van der Waals surface area contributed by atoms with E-state index in [0.29, 0.717) is 5.56 Å². The van der Waals surface area contributed by atoms with Gasteiger partial charge in [-0.05, 0) is 63.7 Å². The summed E-state index contributed by atoms with van der Waals surface area (Å²) >= 11 is 0. The molecule has 0 radical (unpaired) electrons. The van der Waals surface area contributed by atoms with Crippen LogP contribution in [0.25, 0.3) is 0 Å². The molecule has 0 spiro atoms. The van der Waals surface area contributed by atoms with Crippen molar-refractivity contribution in [3.05, 3.63) is 71.7 Å². The van der Waals surface area contributed by atoms with Crippen molar-refractivity contribution in [1.29, 1.82) is 0 Å². The van der Waals surface area contributed by atoms with Crippen LogP contribution in [0.3, 0.4) is 0 Å². The van der Waals surface area contributed by atoms with Gasteiger partial charge in [0.25, 0.3) is 11.8 Å². The van der Waals surface area contributed by atoms with Gasteiger partial charge in [0.2, 0.25) is 5.90 Å². The number of nitrogens with zero attached hydrogens (tertiary/aromatic N) is 3. The maximum absolute atomic E-state index is 14.4. The first kappa shape index (κ1) is 39.4. The van der Waals surface area contributed by atoms with Crippen molar-refractivity contribution in [1.82, 2.24) is 10.2 Å². The van der Waals surface area contributed by atoms with Gasteiger partial charge in [-0.1, -0.05) is 31.4 Å². The summed E-state index contributed by atoms with van der Waals surface area (Å²) in [5, 5.41) is 2.37. The number of ether oxygens (including phenoxy) is 3. The van der Waals surface area contributed by atoms with E-state index in [4.69, 9.17) is 14.2 Å². The molecule has 0 aromatic heterocycles. The molecule has 11 nitrogen and oxygen atoms in total. The van der Waals surface area contributed by atoms with Crippen molar-refractivity contribution >= 4 is 33.4 Å². The third-order valence-electron chi connectivity index (χ3n) is 7.95. The summed E-state index contributed by atoms with van der Waals surface area (Å²) in [4.78, 5) is 33.4. The first-order chi connectivity index (χ1) is 23.7. The lowest BCUT2D eigenvalue weighted by atomic mass is 9.94. The summed E-state index contributed by atoms with van der Waals surface area (Å²) in [6, 6.07) is 7.88. The highest BCUT2D eigenvalue weighted by Crippen LogP contribution is 2.36. The Balaban J connectivity index is 0.00000729. The van der Waals surface area contributed by atoms with Gasteiger partial charge in [0.15, 0.2) is 15.6 Å². The molecule has 2 aromatic carbocycles. The van der Waals surface area contributed by atoms with Crippen LogP contribution in [0.2, 0.25) is 0 Å². The Bertz CT molecular complexity index is 1830. The number of fused-ring (bicyclic) bond motifs is 1. The number of nitrogens with one attached hydrogen (secondary N) is 1. The summed E-state index contributed by atoms with van der Waals surface area (Å²) in [5.74, 6) is -5.59. The molecule has 2 aliphatic rings. The number of benzene rings is 2. The summed E-state index contributed by atoms with van der Waals surface area (Å²) in [6.07, 6.45) is -5.49. The third-order valence-corrected chi connectivity index (χ3v) is 9.74. The molecule has 0 aliphatic carbocycles. The highest BCUT2D eigenvalue weighted by atomic mass is 32.2. The molecule has 1 unspecified atom stereocenters. The molecule has 1 saturated heterocycles. The number of likely N-dealkylation sites (tertiary alicyclic amines) is 1. The zero-order valence-electron chi connectivity index (χ0n) is 29.3. The van der Waals surface area contributed by atoms with E-state index >= 15 is 0 Å². The molecule has 1 fully saturated rings. The van der Waals surface area contributed by atoms with Crippen LogP contribution in [-0.2, 0) is 30.7 Å². The van der Waals surface area contributed by atoms with Gasteiger partial charge in [-0.15, -0.1) is 0 Å². The van der Waals surface area contributed by atoms with Gasteiger partial charge < -0.3 is 24.4 Å². The van der Waals surface area contributed by atoms with Crippen molar-refractivity contribution < 1.29 is 51.2 Å². The number of amides is 2. The summed E-state index contributed by atoms with van der Waals surface area (Å²) < 4.78 is 100. The largest absolute Gasteiger partial charge is 0.444 e. The number of sulfone groups is 1. The minimum atomic E-state index is -4.25. The first-order valence-corrected chi connectivity index (χ1v) is 17.8. The van der Waals surface area contributed by atoms with Crippen LogP contribution in [0.5, 0.6) is 5.75 Å². The number of rotatable bonds is 9. The van der Waals surface area contributed by atoms with Crippen molar-refractivity contribution in [3.63, 3.8) is 0 Å². The van der Waals surface area contributed by atoms with Crippen LogP contribution < -0.4 is 15.0 Å². The first-order valence-electron chi connectivity index (χ1n) is 16.1. The Hall–Kier alpha value is -4.40. The van der Waals surface area contributed by atoms with Crippen LogP contribution in [0, 0.1) is 5.92 Å². The predicted octanol–water partition coefficient (Wildman–Crippen LogP) is 6.18. The van der Waals surface area contributed by atoms with Crippen molar-refractivity contribution in [2.24, 2.45) is 10.9 Å². The number of hydrogen-bond acceptors (Lipinski definition) is 9. The van der Waals surface area contributed by atoms with Gasteiger partial charge in [0, 0.05) is 39.3 Å². The highest BCUT2D eigenvalue weighted by molar-refractivity contribution is 7.91. The zero-order chi connectivity index (χ0) is 37.9. The number of alkyl carbamates (subject to hydrolysis) is 1. The molecule has 1 N–H and O–H groups in total. The maximum atomic E-state index is 14.4. The monoisotopic (exact) mass is 740 g/mol.